The molecule has 1 saturated carbocycles. The minimum Gasteiger partial charge on any atom is -0.872 e. The van der Waals surface area contributed by atoms with Gasteiger partial charge in [0.1, 0.15) is 0 Å². The fourth-order valence-electron chi connectivity index (χ4n) is 7.52. The maximum absolute atomic E-state index is 13.9. The van der Waals surface area contributed by atoms with E-state index in [0.717, 1.165) is 52.9 Å². The van der Waals surface area contributed by atoms with Gasteiger partial charge in [-0.1, -0.05) is 79.3 Å². The van der Waals surface area contributed by atoms with Gasteiger partial charge in [0.25, 0.3) is 0 Å². The summed E-state index contributed by atoms with van der Waals surface area (Å²) in [6.07, 6.45) is 10.4. The van der Waals surface area contributed by atoms with Gasteiger partial charge in [-0.15, -0.1) is 0 Å². The molecule has 2 aromatic heterocycles. The molecule has 0 amide bonds. The summed E-state index contributed by atoms with van der Waals surface area (Å²) in [7, 11) is 0. The van der Waals surface area contributed by atoms with Crippen LogP contribution in [-0.2, 0) is 26.2 Å². The van der Waals surface area contributed by atoms with Crippen LogP contribution in [0.2, 0.25) is 0 Å². The third kappa shape index (κ3) is 8.26. The van der Waals surface area contributed by atoms with Crippen LogP contribution in [0.3, 0.4) is 0 Å². The molecule has 0 radical (unpaired) electrons. The Labute approximate surface area is 291 Å². The first-order valence-electron chi connectivity index (χ1n) is 17.5. The molecule has 0 N–H and O–H groups in total. The van der Waals surface area contributed by atoms with Crippen molar-refractivity contribution in [1.82, 2.24) is 19.8 Å². The molecule has 2 aromatic carbocycles. The first-order chi connectivity index (χ1) is 23.6. The van der Waals surface area contributed by atoms with Crippen LogP contribution in [0.5, 0.6) is 11.5 Å². The minimum atomic E-state index is -0.0686. The number of fused-ring (bicyclic) bond motifs is 5. The van der Waals surface area contributed by atoms with Crippen molar-refractivity contribution >= 4 is 12.4 Å². The van der Waals surface area contributed by atoms with E-state index in [-0.39, 0.29) is 22.3 Å². The number of aliphatic imine (C=N–C) groups is 2. The Morgan fingerprint density at radius 2 is 1.10 bits per heavy atom. The molecule has 8 nitrogen and oxygen atoms in total. The first kappa shape index (κ1) is 34.5. The lowest BCUT2D eigenvalue weighted by Gasteiger charge is -2.39. The number of pyridine rings is 2. The van der Waals surface area contributed by atoms with E-state index < -0.39 is 0 Å². The van der Waals surface area contributed by atoms with Crippen molar-refractivity contribution in [2.75, 3.05) is 26.2 Å². The van der Waals surface area contributed by atoms with E-state index in [2.05, 4.69) is 33.6 Å². The van der Waals surface area contributed by atoms with Gasteiger partial charge in [-0.25, -0.2) is 0 Å². The molecule has 2 aliphatic rings. The maximum Gasteiger partial charge on any atom is 0.0544 e. The van der Waals surface area contributed by atoms with Crippen LogP contribution in [0.25, 0.3) is 0 Å². The van der Waals surface area contributed by atoms with Crippen LogP contribution in [-0.4, -0.2) is 58.4 Å². The van der Waals surface area contributed by atoms with E-state index >= 15 is 0 Å². The highest BCUT2D eigenvalue weighted by molar-refractivity contribution is 5.85. The molecule has 1 aliphatic carbocycles. The number of nitrogens with zero attached hydrogens (tertiary/aromatic N) is 6. The van der Waals surface area contributed by atoms with Gasteiger partial charge in [0.2, 0.25) is 0 Å². The van der Waals surface area contributed by atoms with E-state index in [1.54, 1.807) is 24.8 Å². The van der Waals surface area contributed by atoms with Crippen molar-refractivity contribution in [3.8, 4) is 11.5 Å². The van der Waals surface area contributed by atoms with Crippen LogP contribution < -0.4 is 10.2 Å². The van der Waals surface area contributed by atoms with Crippen molar-refractivity contribution in [1.29, 1.82) is 0 Å². The maximum atomic E-state index is 13.9. The highest BCUT2D eigenvalue weighted by Gasteiger charge is 2.47. The van der Waals surface area contributed by atoms with Crippen molar-refractivity contribution < 1.29 is 10.2 Å². The van der Waals surface area contributed by atoms with Crippen molar-refractivity contribution in [3.05, 3.63) is 118 Å². The average molecular weight is 657 g/mol. The summed E-state index contributed by atoms with van der Waals surface area (Å²) in [6, 6.07) is 19.8. The van der Waals surface area contributed by atoms with Crippen molar-refractivity contribution in [2.24, 2.45) is 20.8 Å². The number of hydrogen-bond acceptors (Lipinski definition) is 8. The predicted octanol–water partition coefficient (Wildman–Crippen LogP) is 5.99. The average Bonchev–Trinajstić information content (AvgIpc) is 3.37. The summed E-state index contributed by atoms with van der Waals surface area (Å²) in [5.41, 5.74) is 6.59. The van der Waals surface area contributed by atoms with Gasteiger partial charge in [-0.2, -0.15) is 0 Å². The van der Waals surface area contributed by atoms with Crippen molar-refractivity contribution in [3.63, 3.8) is 0 Å². The van der Waals surface area contributed by atoms with Gasteiger partial charge in [0, 0.05) is 77.2 Å². The Kier molecular flexibility index (Phi) is 10.6. The molecule has 0 saturated heterocycles. The summed E-state index contributed by atoms with van der Waals surface area (Å²) in [4.78, 5) is 23.6. The summed E-state index contributed by atoms with van der Waals surface area (Å²) in [5.74, 6) is 0.0414. The molecular formula is C41H48N6O2-2. The quantitative estimate of drug-likeness (QED) is 0.267. The zero-order valence-corrected chi connectivity index (χ0v) is 29.4. The number of benzene rings is 2. The van der Waals surface area contributed by atoms with Crippen LogP contribution in [0, 0.1) is 24.7 Å². The molecule has 4 aromatic rings. The molecule has 0 spiro atoms. The fourth-order valence-corrected chi connectivity index (χ4v) is 7.52. The second kappa shape index (κ2) is 15.0. The van der Waals surface area contributed by atoms with Gasteiger partial charge in [0.05, 0.1) is 11.4 Å². The predicted molar refractivity (Wildman–Crippen MR) is 193 cm³/mol. The Morgan fingerprint density at radius 1 is 0.653 bits per heavy atom. The minimum absolute atomic E-state index is 0.0207. The third-order valence-electron chi connectivity index (χ3n) is 10.7. The van der Waals surface area contributed by atoms with Gasteiger partial charge < -0.3 is 10.2 Å². The highest BCUT2D eigenvalue weighted by atomic mass is 16.3. The van der Waals surface area contributed by atoms with E-state index in [1.807, 2.05) is 74.5 Å². The SMILES string of the molecule is Cc1cc2c([O-])c(c1)CN(Cc1ccccn1)CCN(Cc1ccccn1)Cc1cc(C)cc(c1[O-])C=NC[C@@]1(C)CCC[C@]1(C)CN=C2. The Bertz CT molecular complexity index is 1660. The molecule has 256 valence electrons. The molecular weight excluding hydrogens is 608 g/mol. The monoisotopic (exact) mass is 656 g/mol. The Morgan fingerprint density at radius 3 is 1.51 bits per heavy atom. The zero-order valence-electron chi connectivity index (χ0n) is 29.4. The lowest BCUT2D eigenvalue weighted by atomic mass is 9.68. The van der Waals surface area contributed by atoms with E-state index in [4.69, 9.17) is 9.98 Å². The lowest BCUT2D eigenvalue weighted by molar-refractivity contribution is -0.270. The Hall–Kier alpha value is -4.40. The molecule has 2 atom stereocenters. The molecule has 1 fully saturated rings. The largest absolute Gasteiger partial charge is 0.872 e. The van der Waals surface area contributed by atoms with Gasteiger partial charge in [-0.05, 0) is 84.0 Å². The van der Waals surface area contributed by atoms with E-state index in [1.165, 1.54) is 0 Å². The smallest absolute Gasteiger partial charge is 0.0544 e. The highest BCUT2D eigenvalue weighted by Crippen LogP contribution is 2.53. The topological polar surface area (TPSA) is 103 Å². The summed E-state index contributed by atoms with van der Waals surface area (Å²) in [5, 5.41) is 27.9. The van der Waals surface area contributed by atoms with Crippen LogP contribution >= 0.6 is 0 Å². The van der Waals surface area contributed by atoms with E-state index in [9.17, 15) is 10.2 Å². The van der Waals surface area contributed by atoms with E-state index in [0.29, 0.717) is 63.5 Å². The van der Waals surface area contributed by atoms with Crippen LogP contribution in [0.1, 0.15) is 77.9 Å². The number of aryl methyl sites for hydroxylation is 2. The fraction of sp³-hybridized carbons (Fsp3) is 0.415. The summed E-state index contributed by atoms with van der Waals surface area (Å²) < 4.78 is 0. The number of rotatable bonds is 4. The third-order valence-corrected chi connectivity index (χ3v) is 10.7. The number of aromatic nitrogens is 2. The molecule has 0 unspecified atom stereocenters. The normalized spacial score (nSPS) is 22.5. The zero-order chi connectivity index (χ0) is 34.4. The van der Waals surface area contributed by atoms with Crippen LogP contribution in [0.4, 0.5) is 0 Å². The summed E-state index contributed by atoms with van der Waals surface area (Å²) >= 11 is 0. The lowest BCUT2D eigenvalue weighted by Crippen LogP contribution is -2.37. The van der Waals surface area contributed by atoms with Crippen molar-refractivity contribution in [2.45, 2.75) is 73.1 Å². The molecule has 1 aliphatic heterocycles. The second-order valence-electron chi connectivity index (χ2n) is 14.7. The standard InChI is InChI=1S/C41H50N6O2/c1-30-18-32-22-42-28-40(3)12-9-13-41(40,4)29-43-23-33-19-31(2)21-35(39(33)49)25-47(27-37-11-6-8-15-45-37)17-16-46(24-34(20-30)38(32)48)26-36-10-5-7-14-44-36/h5-8,10-11,14-15,18-23,48-49H,9,12-13,16-17,24-29H2,1-4H3/p-2/t40-,41-/m1/s1. The molecule has 6 rings (SSSR count). The number of hydrogen-bond donors (Lipinski definition) is 0. The summed E-state index contributed by atoms with van der Waals surface area (Å²) in [6.45, 7) is 13.4. The van der Waals surface area contributed by atoms with Gasteiger partial charge >= 0.3 is 0 Å². The second-order valence-corrected chi connectivity index (χ2v) is 14.7. The van der Waals surface area contributed by atoms with Crippen LogP contribution in [0.15, 0.2) is 83.0 Å². The molecule has 8 heteroatoms. The first-order valence-corrected chi connectivity index (χ1v) is 17.5. The molecule has 49 heavy (non-hydrogen) atoms. The van der Waals surface area contributed by atoms with Gasteiger partial charge in [0.15, 0.2) is 0 Å². The molecule has 4 bridgehead atoms. The van der Waals surface area contributed by atoms with Gasteiger partial charge in [-0.3, -0.25) is 29.8 Å². The Balaban J connectivity index is 1.41. The molecule has 3 heterocycles.